The van der Waals surface area contributed by atoms with E-state index in [1.54, 1.807) is 0 Å². The predicted molar refractivity (Wildman–Crippen MR) is 119 cm³/mol. The minimum absolute atomic E-state index is 0. The van der Waals surface area contributed by atoms with Gasteiger partial charge in [0.2, 0.25) is 0 Å². The lowest BCUT2D eigenvalue weighted by Gasteiger charge is -2.20. The van der Waals surface area contributed by atoms with Gasteiger partial charge in [-0.2, -0.15) is 0 Å². The van der Waals surface area contributed by atoms with Crippen LogP contribution in [0.1, 0.15) is 30.4 Å². The van der Waals surface area contributed by atoms with Gasteiger partial charge in [-0.25, -0.2) is 4.99 Å². The summed E-state index contributed by atoms with van der Waals surface area (Å²) in [5.74, 6) is 2.77. The molecule has 26 heavy (non-hydrogen) atoms. The average molecular weight is 468 g/mol. The molecule has 1 saturated heterocycles. The monoisotopic (exact) mass is 468 g/mol. The lowest BCUT2D eigenvalue weighted by molar-refractivity contribution is 0.501. The van der Waals surface area contributed by atoms with Gasteiger partial charge in [0, 0.05) is 36.9 Å². The average Bonchev–Trinajstić information content (AvgIpc) is 3.20. The van der Waals surface area contributed by atoms with Gasteiger partial charge in [0.05, 0.1) is 6.54 Å². The number of benzene rings is 1. The third-order valence-corrected chi connectivity index (χ3v) is 4.55. The molecule has 0 amide bonds. The number of hydrogen-bond acceptors (Lipinski definition) is 3. The highest BCUT2D eigenvalue weighted by Gasteiger charge is 2.23. The molecule has 1 atom stereocenters. The highest BCUT2D eigenvalue weighted by atomic mass is 127. The normalized spacial score (nSPS) is 17.1. The van der Waals surface area contributed by atoms with E-state index in [9.17, 15) is 0 Å². The Kier molecular flexibility index (Phi) is 7.81. The Morgan fingerprint density at radius 3 is 2.69 bits per heavy atom. The minimum Gasteiger partial charge on any atom is -0.466 e. The van der Waals surface area contributed by atoms with Crippen molar-refractivity contribution in [2.24, 2.45) is 4.99 Å². The second kappa shape index (κ2) is 9.85. The lowest BCUT2D eigenvalue weighted by atomic mass is 10.2. The van der Waals surface area contributed by atoms with Crippen LogP contribution < -0.4 is 15.5 Å². The fourth-order valence-electron chi connectivity index (χ4n) is 3.27. The first-order valence-corrected chi connectivity index (χ1v) is 9.06. The summed E-state index contributed by atoms with van der Waals surface area (Å²) in [4.78, 5) is 7.16. The molecule has 2 aromatic rings. The Hall–Kier alpha value is -1.70. The molecular formula is C20H29IN4O. The zero-order chi connectivity index (χ0) is 17.6. The van der Waals surface area contributed by atoms with Gasteiger partial charge in [-0.3, -0.25) is 0 Å². The van der Waals surface area contributed by atoms with Gasteiger partial charge < -0.3 is 20.0 Å². The molecule has 2 heterocycles. The summed E-state index contributed by atoms with van der Waals surface area (Å²) >= 11 is 0. The third-order valence-electron chi connectivity index (χ3n) is 4.55. The molecule has 0 spiro atoms. The first kappa shape index (κ1) is 20.6. The second-order valence-electron chi connectivity index (χ2n) is 6.55. The summed E-state index contributed by atoms with van der Waals surface area (Å²) in [7, 11) is 0. The highest BCUT2D eigenvalue weighted by molar-refractivity contribution is 14.0. The molecule has 6 heteroatoms. The molecule has 1 aromatic carbocycles. The Labute approximate surface area is 173 Å². The van der Waals surface area contributed by atoms with E-state index >= 15 is 0 Å². The first-order chi connectivity index (χ1) is 12.2. The van der Waals surface area contributed by atoms with Crippen LogP contribution in [0, 0.1) is 13.8 Å². The summed E-state index contributed by atoms with van der Waals surface area (Å²) in [6.07, 6.45) is 1.11. The molecule has 1 aliphatic rings. The van der Waals surface area contributed by atoms with Crippen molar-refractivity contribution in [2.75, 3.05) is 24.5 Å². The molecule has 1 unspecified atom stereocenters. The van der Waals surface area contributed by atoms with Crippen LogP contribution in [0.4, 0.5) is 5.69 Å². The quantitative estimate of drug-likeness (QED) is 0.398. The smallest absolute Gasteiger partial charge is 0.191 e. The zero-order valence-corrected chi connectivity index (χ0v) is 18.1. The molecule has 0 aliphatic carbocycles. The SMILES string of the molecule is CCNC(=NCc1cc(C)oc1C)NC1CCN(c2ccccc2)C1.I. The van der Waals surface area contributed by atoms with Crippen molar-refractivity contribution in [1.29, 1.82) is 0 Å². The fourth-order valence-corrected chi connectivity index (χ4v) is 3.27. The highest BCUT2D eigenvalue weighted by Crippen LogP contribution is 2.19. The van der Waals surface area contributed by atoms with E-state index in [-0.39, 0.29) is 24.0 Å². The number of furan rings is 1. The van der Waals surface area contributed by atoms with Crippen molar-refractivity contribution in [1.82, 2.24) is 10.6 Å². The molecule has 142 valence electrons. The minimum atomic E-state index is 0. The number of halogens is 1. The lowest BCUT2D eigenvalue weighted by Crippen LogP contribution is -2.44. The maximum absolute atomic E-state index is 5.59. The summed E-state index contributed by atoms with van der Waals surface area (Å²) in [6.45, 7) is 9.61. The molecule has 1 aliphatic heterocycles. The van der Waals surface area contributed by atoms with Gasteiger partial charge in [-0.05, 0) is 45.4 Å². The van der Waals surface area contributed by atoms with Crippen molar-refractivity contribution in [2.45, 2.75) is 39.8 Å². The number of nitrogens with one attached hydrogen (secondary N) is 2. The molecule has 0 radical (unpaired) electrons. The van der Waals surface area contributed by atoms with Crippen LogP contribution in [0.2, 0.25) is 0 Å². The van der Waals surface area contributed by atoms with Gasteiger partial charge in [0.25, 0.3) is 0 Å². The summed E-state index contributed by atoms with van der Waals surface area (Å²) in [6, 6.07) is 13.1. The molecule has 0 bridgehead atoms. The van der Waals surface area contributed by atoms with Crippen LogP contribution >= 0.6 is 24.0 Å². The van der Waals surface area contributed by atoms with Crippen LogP contribution in [0.3, 0.4) is 0 Å². The van der Waals surface area contributed by atoms with E-state index in [1.165, 1.54) is 5.69 Å². The molecule has 1 fully saturated rings. The van der Waals surface area contributed by atoms with Crippen LogP contribution in [-0.4, -0.2) is 31.6 Å². The van der Waals surface area contributed by atoms with Crippen molar-refractivity contribution in [3.8, 4) is 0 Å². The molecule has 2 N–H and O–H groups in total. The summed E-state index contributed by atoms with van der Waals surface area (Å²) in [5.41, 5.74) is 2.44. The number of guanidine groups is 1. The van der Waals surface area contributed by atoms with Crippen LogP contribution in [-0.2, 0) is 6.54 Å². The fraction of sp³-hybridized carbons (Fsp3) is 0.450. The van der Waals surface area contributed by atoms with Gasteiger partial charge in [0.1, 0.15) is 11.5 Å². The van der Waals surface area contributed by atoms with Gasteiger partial charge in [0.15, 0.2) is 5.96 Å². The predicted octanol–water partition coefficient (Wildman–Crippen LogP) is 3.85. The Bertz CT molecular complexity index is 714. The van der Waals surface area contributed by atoms with Crippen molar-refractivity contribution in [3.05, 3.63) is 53.5 Å². The Balaban J connectivity index is 0.00000243. The number of nitrogens with zero attached hydrogens (tertiary/aromatic N) is 2. The summed E-state index contributed by atoms with van der Waals surface area (Å²) in [5, 5.41) is 6.93. The Morgan fingerprint density at radius 2 is 2.04 bits per heavy atom. The van der Waals surface area contributed by atoms with E-state index in [1.807, 2.05) is 13.8 Å². The number of aliphatic imine (C=N–C) groups is 1. The number of anilines is 1. The maximum Gasteiger partial charge on any atom is 0.191 e. The van der Waals surface area contributed by atoms with Crippen molar-refractivity contribution < 1.29 is 4.42 Å². The van der Waals surface area contributed by atoms with Crippen molar-refractivity contribution >= 4 is 35.6 Å². The molecule has 5 nitrogen and oxygen atoms in total. The van der Waals surface area contributed by atoms with Crippen LogP contribution in [0.25, 0.3) is 0 Å². The van der Waals surface area contributed by atoms with E-state index in [4.69, 9.17) is 9.41 Å². The number of rotatable bonds is 5. The maximum atomic E-state index is 5.59. The standard InChI is InChI=1S/C20H28N4O.HI/c1-4-21-20(22-13-17-12-15(2)25-16(17)3)23-18-10-11-24(14-18)19-8-6-5-7-9-19;/h5-9,12,18H,4,10-11,13-14H2,1-3H3,(H2,21,22,23);1H. The van der Waals surface area contributed by atoms with Crippen LogP contribution in [0.5, 0.6) is 0 Å². The largest absolute Gasteiger partial charge is 0.466 e. The molecule has 1 aromatic heterocycles. The summed E-state index contributed by atoms with van der Waals surface area (Å²) < 4.78 is 5.59. The number of hydrogen-bond donors (Lipinski definition) is 2. The van der Waals surface area contributed by atoms with Gasteiger partial charge >= 0.3 is 0 Å². The molecule has 0 saturated carbocycles. The topological polar surface area (TPSA) is 52.8 Å². The molecular weight excluding hydrogens is 439 g/mol. The third kappa shape index (κ3) is 5.40. The number of para-hydroxylation sites is 1. The van der Waals surface area contributed by atoms with E-state index < -0.39 is 0 Å². The van der Waals surface area contributed by atoms with Gasteiger partial charge in [-0.1, -0.05) is 18.2 Å². The van der Waals surface area contributed by atoms with Gasteiger partial charge in [-0.15, -0.1) is 24.0 Å². The van der Waals surface area contributed by atoms with Crippen LogP contribution in [0.15, 0.2) is 45.8 Å². The Morgan fingerprint density at radius 1 is 1.27 bits per heavy atom. The van der Waals surface area contributed by atoms with E-state index in [0.717, 1.165) is 49.1 Å². The van der Waals surface area contributed by atoms with Crippen molar-refractivity contribution in [3.63, 3.8) is 0 Å². The zero-order valence-electron chi connectivity index (χ0n) is 15.8. The second-order valence-corrected chi connectivity index (χ2v) is 6.55. The first-order valence-electron chi connectivity index (χ1n) is 9.06. The molecule has 3 rings (SSSR count). The van der Waals surface area contributed by atoms with E-state index in [0.29, 0.717) is 12.6 Å². The van der Waals surface area contributed by atoms with E-state index in [2.05, 4.69) is 58.9 Å². The number of aryl methyl sites for hydroxylation is 2.